The quantitative estimate of drug-likeness (QED) is 0.813. The van der Waals surface area contributed by atoms with Gasteiger partial charge in [0, 0.05) is 9.75 Å². The monoisotopic (exact) mass is 210 g/mol. The lowest BCUT2D eigenvalue weighted by Gasteiger charge is -2.08. The summed E-state index contributed by atoms with van der Waals surface area (Å²) in [6.07, 6.45) is 7.08. The number of rotatable bonds is 3. The molecule has 14 heavy (non-hydrogen) atoms. The summed E-state index contributed by atoms with van der Waals surface area (Å²) in [5.74, 6) is 0. The molecule has 1 aromatic rings. The van der Waals surface area contributed by atoms with Crippen molar-refractivity contribution in [2.75, 3.05) is 0 Å². The molecule has 1 N–H and O–H groups in total. The Morgan fingerprint density at radius 3 is 2.93 bits per heavy atom. The van der Waals surface area contributed by atoms with Gasteiger partial charge in [-0.2, -0.15) is 0 Å². The number of fused-ring (bicyclic) bond motifs is 1. The van der Waals surface area contributed by atoms with Crippen LogP contribution in [0.25, 0.3) is 0 Å². The van der Waals surface area contributed by atoms with Crippen molar-refractivity contribution in [1.29, 1.82) is 0 Å². The van der Waals surface area contributed by atoms with Gasteiger partial charge in [-0.15, -0.1) is 11.3 Å². The molecule has 0 fully saturated rings. The number of aliphatic hydroxyl groups is 1. The Morgan fingerprint density at radius 1 is 1.43 bits per heavy atom. The summed E-state index contributed by atoms with van der Waals surface area (Å²) in [4.78, 5) is 3.08. The molecule has 0 bridgehead atoms. The van der Waals surface area contributed by atoms with Crippen LogP contribution < -0.4 is 0 Å². The molecule has 2 rings (SSSR count). The number of thiophene rings is 1. The third-order valence-corrected chi connectivity index (χ3v) is 4.15. The lowest BCUT2D eigenvalue weighted by molar-refractivity contribution is 0.185. The van der Waals surface area contributed by atoms with E-state index >= 15 is 0 Å². The summed E-state index contributed by atoms with van der Waals surface area (Å²) in [6.45, 7) is 1.87. The van der Waals surface area contributed by atoms with E-state index in [1.54, 1.807) is 10.4 Å². The highest BCUT2D eigenvalue weighted by Gasteiger charge is 2.13. The summed E-state index contributed by atoms with van der Waals surface area (Å²) in [6, 6.07) is 2.36. The molecule has 0 saturated heterocycles. The van der Waals surface area contributed by atoms with Crippen LogP contribution in [0.5, 0.6) is 0 Å². The van der Waals surface area contributed by atoms with Crippen LogP contribution in [0, 0.1) is 0 Å². The van der Waals surface area contributed by atoms with Gasteiger partial charge >= 0.3 is 0 Å². The second kappa shape index (κ2) is 4.45. The molecule has 0 aromatic carbocycles. The van der Waals surface area contributed by atoms with E-state index < -0.39 is 0 Å². The maximum Gasteiger partial charge on any atom is 0.0515 e. The first-order chi connectivity index (χ1) is 6.75. The minimum Gasteiger partial charge on any atom is -0.393 e. The summed E-state index contributed by atoms with van der Waals surface area (Å²) in [5.41, 5.74) is 1.59. The minimum absolute atomic E-state index is 0.158. The van der Waals surface area contributed by atoms with Crippen molar-refractivity contribution in [3.05, 3.63) is 21.4 Å². The molecule has 0 amide bonds. The number of hydrogen-bond donors (Lipinski definition) is 1. The molecule has 1 aromatic heterocycles. The fourth-order valence-electron chi connectivity index (χ4n) is 2.03. The van der Waals surface area contributed by atoms with Crippen molar-refractivity contribution < 1.29 is 5.11 Å². The van der Waals surface area contributed by atoms with Gasteiger partial charge in [0.25, 0.3) is 0 Å². The Hall–Kier alpha value is -0.340. The van der Waals surface area contributed by atoms with Gasteiger partial charge < -0.3 is 5.11 Å². The molecule has 0 radical (unpaired) electrons. The third-order valence-electron chi connectivity index (χ3n) is 2.86. The van der Waals surface area contributed by atoms with Crippen molar-refractivity contribution >= 4 is 11.3 Å². The lowest BCUT2D eigenvalue weighted by Crippen LogP contribution is -2.00. The highest BCUT2D eigenvalue weighted by molar-refractivity contribution is 7.12. The first kappa shape index (κ1) is 10.2. The number of hydrogen-bond acceptors (Lipinski definition) is 2. The molecule has 78 valence electrons. The second-order valence-corrected chi connectivity index (χ2v) is 5.48. The predicted octanol–water partition coefficient (Wildman–Crippen LogP) is 2.94. The lowest BCUT2D eigenvalue weighted by atomic mass is 9.99. The van der Waals surface area contributed by atoms with Crippen LogP contribution in [-0.2, 0) is 19.3 Å². The largest absolute Gasteiger partial charge is 0.393 e. The predicted molar refractivity (Wildman–Crippen MR) is 61.0 cm³/mol. The molecule has 2 heteroatoms. The Kier molecular flexibility index (Phi) is 3.24. The molecular formula is C12H18OS. The smallest absolute Gasteiger partial charge is 0.0515 e. The molecule has 0 aliphatic heterocycles. The molecule has 1 atom stereocenters. The molecule has 1 aliphatic rings. The zero-order valence-corrected chi connectivity index (χ0v) is 9.57. The minimum atomic E-state index is -0.158. The maximum absolute atomic E-state index is 9.22. The average molecular weight is 210 g/mol. The summed E-state index contributed by atoms with van der Waals surface area (Å²) in [7, 11) is 0. The van der Waals surface area contributed by atoms with Crippen LogP contribution in [0.1, 0.15) is 41.5 Å². The standard InChI is InChI=1S/C12H18OS/c1-9(13)6-7-11-8-10-4-2-3-5-12(10)14-11/h8-9,13H,2-7H2,1H3. The fourth-order valence-corrected chi connectivity index (χ4v) is 3.30. The zero-order chi connectivity index (χ0) is 9.97. The third kappa shape index (κ3) is 2.37. The normalized spacial score (nSPS) is 17.9. The first-order valence-electron chi connectivity index (χ1n) is 5.54. The van der Waals surface area contributed by atoms with E-state index in [1.807, 2.05) is 18.3 Å². The van der Waals surface area contributed by atoms with Crippen molar-refractivity contribution in [2.24, 2.45) is 0 Å². The van der Waals surface area contributed by atoms with Crippen LogP contribution in [-0.4, -0.2) is 11.2 Å². The highest BCUT2D eigenvalue weighted by Crippen LogP contribution is 2.30. The van der Waals surface area contributed by atoms with Crippen LogP contribution in [0.4, 0.5) is 0 Å². The Balaban J connectivity index is 2.01. The SMILES string of the molecule is CC(O)CCc1cc2c(s1)CCCC2. The van der Waals surface area contributed by atoms with Gasteiger partial charge in [0.05, 0.1) is 6.10 Å². The molecule has 0 saturated carbocycles. The maximum atomic E-state index is 9.22. The fraction of sp³-hybridized carbons (Fsp3) is 0.667. The van der Waals surface area contributed by atoms with Crippen molar-refractivity contribution in [3.8, 4) is 0 Å². The van der Waals surface area contributed by atoms with E-state index in [1.165, 1.54) is 30.6 Å². The van der Waals surface area contributed by atoms with Crippen LogP contribution >= 0.6 is 11.3 Å². The van der Waals surface area contributed by atoms with Gasteiger partial charge in [-0.1, -0.05) is 0 Å². The van der Waals surface area contributed by atoms with Crippen LogP contribution in [0.2, 0.25) is 0 Å². The summed E-state index contributed by atoms with van der Waals surface area (Å²) < 4.78 is 0. The molecular weight excluding hydrogens is 192 g/mol. The Labute approximate surface area is 89.8 Å². The second-order valence-electron chi connectivity index (χ2n) is 4.26. The van der Waals surface area contributed by atoms with Crippen molar-refractivity contribution in [2.45, 2.75) is 51.6 Å². The Bertz CT molecular complexity index is 278. The topological polar surface area (TPSA) is 20.2 Å². The van der Waals surface area contributed by atoms with Crippen molar-refractivity contribution in [3.63, 3.8) is 0 Å². The zero-order valence-electron chi connectivity index (χ0n) is 8.75. The van der Waals surface area contributed by atoms with E-state index in [0.29, 0.717) is 0 Å². The van der Waals surface area contributed by atoms with Gasteiger partial charge in [-0.25, -0.2) is 0 Å². The molecule has 1 nitrogen and oxygen atoms in total. The molecule has 1 aliphatic carbocycles. The molecule has 1 heterocycles. The number of aliphatic hydroxyl groups excluding tert-OH is 1. The van der Waals surface area contributed by atoms with Crippen LogP contribution in [0.3, 0.4) is 0 Å². The van der Waals surface area contributed by atoms with Crippen molar-refractivity contribution in [1.82, 2.24) is 0 Å². The van der Waals surface area contributed by atoms with E-state index in [-0.39, 0.29) is 6.10 Å². The van der Waals surface area contributed by atoms with Gasteiger partial charge in [0.15, 0.2) is 0 Å². The average Bonchev–Trinajstić information content (AvgIpc) is 2.57. The van der Waals surface area contributed by atoms with E-state index in [0.717, 1.165) is 12.8 Å². The van der Waals surface area contributed by atoms with Crippen LogP contribution in [0.15, 0.2) is 6.07 Å². The Morgan fingerprint density at radius 2 is 2.21 bits per heavy atom. The summed E-state index contributed by atoms with van der Waals surface area (Å²) in [5, 5.41) is 9.22. The van der Waals surface area contributed by atoms with E-state index in [4.69, 9.17) is 0 Å². The van der Waals surface area contributed by atoms with E-state index in [9.17, 15) is 5.11 Å². The highest BCUT2D eigenvalue weighted by atomic mass is 32.1. The summed E-state index contributed by atoms with van der Waals surface area (Å²) >= 11 is 1.97. The van der Waals surface area contributed by atoms with E-state index in [2.05, 4.69) is 6.07 Å². The molecule has 0 spiro atoms. The first-order valence-corrected chi connectivity index (χ1v) is 6.36. The van der Waals surface area contributed by atoms with Gasteiger partial charge in [-0.3, -0.25) is 0 Å². The number of aryl methyl sites for hydroxylation is 3. The molecule has 1 unspecified atom stereocenters. The van der Waals surface area contributed by atoms with Gasteiger partial charge in [-0.05, 0) is 57.1 Å². The van der Waals surface area contributed by atoms with Gasteiger partial charge in [0.2, 0.25) is 0 Å². The van der Waals surface area contributed by atoms with Gasteiger partial charge in [0.1, 0.15) is 0 Å².